The smallest absolute Gasteiger partial charge is 0.183 e. The van der Waals surface area contributed by atoms with Crippen molar-refractivity contribution in [1.82, 2.24) is 0 Å². The molecule has 4 heteroatoms. The summed E-state index contributed by atoms with van der Waals surface area (Å²) in [6.45, 7) is 0. The van der Waals surface area contributed by atoms with Crippen LogP contribution in [0.2, 0.25) is 0 Å². The highest BCUT2D eigenvalue weighted by Crippen LogP contribution is 2.53. The summed E-state index contributed by atoms with van der Waals surface area (Å²) in [4.78, 5) is 19.3. The molecule has 0 spiro atoms. The summed E-state index contributed by atoms with van der Waals surface area (Å²) in [5.41, 5.74) is 6.93. The SMILES string of the molecule is COc1ccc(-c2ccc3cccc4c3c2C(=O)C4(c2ccc(N(C)C)cc2)c2ccc(N(C)C)cc2)cc1. The molecule has 0 aromatic heterocycles. The zero-order chi connectivity index (χ0) is 27.3. The minimum absolute atomic E-state index is 0.107. The molecule has 6 rings (SSSR count). The molecule has 1 aliphatic rings. The van der Waals surface area contributed by atoms with Crippen LogP contribution in [0.15, 0.2) is 103 Å². The molecule has 0 bridgehead atoms. The van der Waals surface area contributed by atoms with Crippen molar-refractivity contribution in [3.05, 3.63) is 125 Å². The molecule has 0 saturated heterocycles. The van der Waals surface area contributed by atoms with Crippen molar-refractivity contribution in [2.75, 3.05) is 45.1 Å². The van der Waals surface area contributed by atoms with E-state index in [0.29, 0.717) is 0 Å². The van der Waals surface area contributed by atoms with Gasteiger partial charge >= 0.3 is 0 Å². The quantitative estimate of drug-likeness (QED) is 0.241. The van der Waals surface area contributed by atoms with Gasteiger partial charge in [0.1, 0.15) is 11.2 Å². The van der Waals surface area contributed by atoms with Crippen molar-refractivity contribution in [2.24, 2.45) is 0 Å². The molecule has 194 valence electrons. The van der Waals surface area contributed by atoms with Gasteiger partial charge in [0.25, 0.3) is 0 Å². The van der Waals surface area contributed by atoms with Crippen LogP contribution in [0, 0.1) is 0 Å². The first-order chi connectivity index (χ1) is 18.9. The molecule has 0 saturated carbocycles. The minimum Gasteiger partial charge on any atom is -0.497 e. The van der Waals surface area contributed by atoms with E-state index in [9.17, 15) is 0 Å². The number of anilines is 2. The van der Waals surface area contributed by atoms with Gasteiger partial charge in [0.15, 0.2) is 5.78 Å². The molecule has 0 aliphatic heterocycles. The Labute approximate surface area is 230 Å². The van der Waals surface area contributed by atoms with Gasteiger partial charge in [-0.1, -0.05) is 66.7 Å². The Kier molecular flexibility index (Phi) is 5.91. The van der Waals surface area contributed by atoms with Gasteiger partial charge in [-0.25, -0.2) is 0 Å². The van der Waals surface area contributed by atoms with E-state index >= 15 is 4.79 Å². The summed E-state index contributed by atoms with van der Waals surface area (Å²) in [6.07, 6.45) is 0. The number of benzene rings is 5. The second kappa shape index (κ2) is 9.32. The standard InChI is InChI=1S/C35H32N2O2/c1-36(2)27-16-12-25(13-17-27)35(26-14-18-28(19-15-26)37(3)4)31-8-6-7-24-11-22-30(33(32(24)31)34(35)38)23-9-20-29(39-5)21-10-23/h6-22H,1-5H3. The number of hydrogen-bond donors (Lipinski definition) is 0. The molecular weight excluding hydrogens is 480 g/mol. The lowest BCUT2D eigenvalue weighted by Crippen LogP contribution is -2.35. The summed E-state index contributed by atoms with van der Waals surface area (Å²) < 4.78 is 5.39. The lowest BCUT2D eigenvalue weighted by atomic mass is 9.68. The fraction of sp³-hybridized carbons (Fsp3) is 0.171. The maximum absolute atomic E-state index is 15.1. The maximum atomic E-state index is 15.1. The first-order valence-corrected chi connectivity index (χ1v) is 13.2. The Bertz CT molecular complexity index is 1630. The number of carbonyl (C=O) groups is 1. The van der Waals surface area contributed by atoms with E-state index in [0.717, 1.165) is 61.3 Å². The van der Waals surface area contributed by atoms with Gasteiger partial charge in [-0.15, -0.1) is 0 Å². The average Bonchev–Trinajstić information content (AvgIpc) is 3.24. The van der Waals surface area contributed by atoms with Crippen molar-refractivity contribution >= 4 is 27.9 Å². The van der Waals surface area contributed by atoms with Crippen molar-refractivity contribution in [2.45, 2.75) is 5.41 Å². The van der Waals surface area contributed by atoms with Crippen molar-refractivity contribution in [3.63, 3.8) is 0 Å². The van der Waals surface area contributed by atoms with E-state index < -0.39 is 5.41 Å². The number of ether oxygens (including phenoxy) is 1. The average molecular weight is 513 g/mol. The summed E-state index contributed by atoms with van der Waals surface area (Å²) >= 11 is 0. The zero-order valence-electron chi connectivity index (χ0n) is 23.0. The third-order valence-electron chi connectivity index (χ3n) is 8.05. The van der Waals surface area contributed by atoms with Gasteiger partial charge in [-0.3, -0.25) is 4.79 Å². The number of nitrogens with zero attached hydrogens (tertiary/aromatic N) is 2. The van der Waals surface area contributed by atoms with Crippen LogP contribution < -0.4 is 14.5 Å². The van der Waals surface area contributed by atoms with Crippen LogP contribution in [-0.2, 0) is 5.41 Å². The third-order valence-corrected chi connectivity index (χ3v) is 8.05. The monoisotopic (exact) mass is 512 g/mol. The van der Waals surface area contributed by atoms with Crippen LogP contribution in [0.25, 0.3) is 21.9 Å². The number of ketones is 1. The molecule has 0 fully saturated rings. The normalized spacial score (nSPS) is 13.5. The van der Waals surface area contributed by atoms with Crippen molar-refractivity contribution in [3.8, 4) is 16.9 Å². The summed E-state index contributed by atoms with van der Waals surface area (Å²) in [5.74, 6) is 0.898. The maximum Gasteiger partial charge on any atom is 0.183 e. The Morgan fingerprint density at radius 2 is 1.21 bits per heavy atom. The Morgan fingerprint density at radius 3 is 1.72 bits per heavy atom. The first kappa shape index (κ1) is 24.7. The fourth-order valence-corrected chi connectivity index (χ4v) is 6.01. The molecule has 5 aromatic carbocycles. The number of carbonyl (C=O) groups excluding carboxylic acids is 1. The topological polar surface area (TPSA) is 32.8 Å². The highest BCUT2D eigenvalue weighted by atomic mass is 16.5. The highest BCUT2D eigenvalue weighted by Gasteiger charge is 2.51. The lowest BCUT2D eigenvalue weighted by Gasteiger charge is -2.31. The molecule has 0 N–H and O–H groups in total. The Hall–Kier alpha value is -4.57. The summed E-state index contributed by atoms with van der Waals surface area (Å²) in [6, 6.07) is 35.4. The molecule has 5 aromatic rings. The Morgan fingerprint density at radius 1 is 0.641 bits per heavy atom. The predicted molar refractivity (Wildman–Crippen MR) is 162 cm³/mol. The van der Waals surface area contributed by atoms with Crippen LogP contribution in [0.1, 0.15) is 27.0 Å². The van der Waals surface area contributed by atoms with Gasteiger partial charge < -0.3 is 14.5 Å². The number of Topliss-reactive ketones (excluding diaryl/α,β-unsaturated/α-hetero) is 1. The van der Waals surface area contributed by atoms with Gasteiger partial charge in [-0.2, -0.15) is 0 Å². The third kappa shape index (κ3) is 3.70. The van der Waals surface area contributed by atoms with E-state index in [1.807, 2.05) is 52.5 Å². The van der Waals surface area contributed by atoms with Crippen LogP contribution in [0.4, 0.5) is 11.4 Å². The molecule has 4 nitrogen and oxygen atoms in total. The lowest BCUT2D eigenvalue weighted by molar-refractivity contribution is 0.0945. The second-order valence-electron chi connectivity index (χ2n) is 10.6. The zero-order valence-corrected chi connectivity index (χ0v) is 23.0. The molecule has 0 heterocycles. The van der Waals surface area contributed by atoms with Crippen LogP contribution in [0.5, 0.6) is 5.75 Å². The number of methoxy groups -OCH3 is 1. The second-order valence-corrected chi connectivity index (χ2v) is 10.6. The predicted octanol–water partition coefficient (Wildman–Crippen LogP) is 7.18. The Balaban J connectivity index is 1.66. The van der Waals surface area contributed by atoms with Crippen LogP contribution in [0.3, 0.4) is 0 Å². The van der Waals surface area contributed by atoms with Gasteiger partial charge in [0, 0.05) is 45.1 Å². The van der Waals surface area contributed by atoms with E-state index in [4.69, 9.17) is 4.74 Å². The van der Waals surface area contributed by atoms with E-state index in [1.165, 1.54) is 0 Å². The van der Waals surface area contributed by atoms with Crippen LogP contribution >= 0.6 is 0 Å². The van der Waals surface area contributed by atoms with E-state index in [2.05, 4.69) is 88.7 Å². The molecule has 0 amide bonds. The summed E-state index contributed by atoms with van der Waals surface area (Å²) in [5, 5.41) is 2.11. The van der Waals surface area contributed by atoms with Crippen LogP contribution in [-0.4, -0.2) is 41.1 Å². The first-order valence-electron chi connectivity index (χ1n) is 13.2. The fourth-order valence-electron chi connectivity index (χ4n) is 6.01. The molecule has 39 heavy (non-hydrogen) atoms. The van der Waals surface area contributed by atoms with Crippen molar-refractivity contribution < 1.29 is 9.53 Å². The van der Waals surface area contributed by atoms with E-state index in [-0.39, 0.29) is 5.78 Å². The van der Waals surface area contributed by atoms with E-state index in [1.54, 1.807) is 7.11 Å². The van der Waals surface area contributed by atoms with Gasteiger partial charge in [0.05, 0.1) is 7.11 Å². The molecule has 0 atom stereocenters. The largest absolute Gasteiger partial charge is 0.497 e. The van der Waals surface area contributed by atoms with Gasteiger partial charge in [0.2, 0.25) is 0 Å². The van der Waals surface area contributed by atoms with Crippen molar-refractivity contribution in [1.29, 1.82) is 0 Å². The molecule has 1 aliphatic carbocycles. The van der Waals surface area contributed by atoms with Gasteiger partial charge in [-0.05, 0) is 75.0 Å². The molecule has 0 radical (unpaired) electrons. The minimum atomic E-state index is -0.958. The summed E-state index contributed by atoms with van der Waals surface area (Å²) in [7, 11) is 9.79. The number of hydrogen-bond acceptors (Lipinski definition) is 4. The molecule has 0 unspecified atom stereocenters. The highest BCUT2D eigenvalue weighted by molar-refractivity contribution is 6.26. The molecular formula is C35H32N2O2. The number of rotatable bonds is 6.